The summed E-state index contributed by atoms with van der Waals surface area (Å²) in [6.07, 6.45) is 13.5. The molecule has 1 aromatic carbocycles. The summed E-state index contributed by atoms with van der Waals surface area (Å²) in [5, 5.41) is 3.49. The third kappa shape index (κ3) is 3.04. The fourth-order valence-corrected chi connectivity index (χ4v) is 9.46. The zero-order chi connectivity index (χ0) is 24.7. The average Bonchev–Trinajstić information content (AvgIpc) is 2.78. The van der Waals surface area contributed by atoms with Crippen molar-refractivity contribution in [1.82, 2.24) is 0 Å². The van der Waals surface area contributed by atoms with Crippen LogP contribution in [0.4, 0.5) is 5.69 Å². The van der Waals surface area contributed by atoms with Gasteiger partial charge in [-0.1, -0.05) is 53.2 Å². The number of nitrogens with two attached hydrogens (primary N) is 1. The van der Waals surface area contributed by atoms with E-state index in [4.69, 9.17) is 5.73 Å². The first-order chi connectivity index (χ1) is 15.9. The molecule has 4 unspecified atom stereocenters. The molecule has 0 bridgehead atoms. The average molecular weight is 463 g/mol. The molecule has 4 aliphatic rings. The Morgan fingerprint density at radius 1 is 1.00 bits per heavy atom. The van der Waals surface area contributed by atoms with Gasteiger partial charge in [0.1, 0.15) is 5.69 Å². The highest BCUT2D eigenvalue weighted by Gasteiger charge is 2.66. The number of benzene rings is 1. The van der Waals surface area contributed by atoms with Crippen molar-refractivity contribution in [3.8, 4) is 0 Å². The minimum atomic E-state index is -0.00872. The van der Waals surface area contributed by atoms with Crippen molar-refractivity contribution in [2.24, 2.45) is 38.5 Å². The smallest absolute Gasteiger partial charge is 0.111 e. The van der Waals surface area contributed by atoms with Gasteiger partial charge in [0.25, 0.3) is 0 Å². The third-order valence-electron chi connectivity index (χ3n) is 11.9. The summed E-state index contributed by atoms with van der Waals surface area (Å²) in [7, 11) is 0. The lowest BCUT2D eigenvalue weighted by atomic mass is 9.34. The summed E-state index contributed by atoms with van der Waals surface area (Å²) < 4.78 is 0. The molecule has 0 aliphatic heterocycles. The van der Waals surface area contributed by atoms with Crippen molar-refractivity contribution in [3.05, 3.63) is 44.9 Å². The molecular formula is C31H46N2O. The quantitative estimate of drug-likeness (QED) is 0.365. The number of hydrogen-bond donors (Lipinski definition) is 1. The van der Waals surface area contributed by atoms with Gasteiger partial charge in [0.05, 0.1) is 0 Å². The second kappa shape index (κ2) is 7.51. The first kappa shape index (κ1) is 24.2. The van der Waals surface area contributed by atoms with E-state index in [0.29, 0.717) is 28.5 Å². The molecule has 0 heterocycles. The third-order valence-corrected chi connectivity index (χ3v) is 11.9. The van der Waals surface area contributed by atoms with Crippen LogP contribution in [0.2, 0.25) is 0 Å². The fourth-order valence-electron chi connectivity index (χ4n) is 9.46. The van der Waals surface area contributed by atoms with E-state index in [1.54, 1.807) is 5.57 Å². The molecule has 2 N–H and O–H groups in total. The second-order valence-electron chi connectivity index (χ2n) is 14.1. The van der Waals surface area contributed by atoms with E-state index in [9.17, 15) is 4.91 Å². The van der Waals surface area contributed by atoms with E-state index in [0.717, 1.165) is 24.3 Å². The molecular weight excluding hydrogens is 416 g/mol. The van der Waals surface area contributed by atoms with Crippen molar-refractivity contribution in [2.45, 2.75) is 112 Å². The highest BCUT2D eigenvalue weighted by molar-refractivity contribution is 5.63. The molecule has 0 amide bonds. The second-order valence-corrected chi connectivity index (χ2v) is 14.1. The lowest BCUT2D eigenvalue weighted by Crippen LogP contribution is -2.62. The fraction of sp³-hybridized carbons (Fsp3) is 0.742. The maximum atomic E-state index is 11.9. The molecule has 5 rings (SSSR count). The number of fused-ring (bicyclic) bond motifs is 7. The van der Waals surface area contributed by atoms with E-state index < -0.39 is 0 Å². The SMILES string of the molecule is Cc1c(CCN)c(N=O)cc2c1CC=C1C2(C)CC[C@@]2(C)C3CC(C)(C)CCC3(C)CCC12C. The predicted molar refractivity (Wildman–Crippen MR) is 142 cm³/mol. The minimum Gasteiger partial charge on any atom is -0.330 e. The normalized spacial score (nSPS) is 40.4. The molecule has 5 atom stereocenters. The van der Waals surface area contributed by atoms with Crippen LogP contribution in [0.15, 0.2) is 22.9 Å². The minimum absolute atomic E-state index is 0.00872. The Labute approximate surface area is 207 Å². The van der Waals surface area contributed by atoms with Crippen molar-refractivity contribution in [2.75, 3.05) is 6.54 Å². The molecule has 34 heavy (non-hydrogen) atoms. The number of allylic oxidation sites excluding steroid dienone is 2. The van der Waals surface area contributed by atoms with Crippen LogP contribution < -0.4 is 5.73 Å². The van der Waals surface area contributed by atoms with Crippen LogP contribution in [0, 0.1) is 39.4 Å². The van der Waals surface area contributed by atoms with Crippen molar-refractivity contribution < 1.29 is 0 Å². The zero-order valence-corrected chi connectivity index (χ0v) is 22.7. The Morgan fingerprint density at radius 3 is 2.38 bits per heavy atom. The monoisotopic (exact) mass is 462 g/mol. The van der Waals surface area contributed by atoms with Gasteiger partial charge in [-0.15, -0.1) is 4.91 Å². The molecule has 4 aliphatic carbocycles. The lowest BCUT2D eigenvalue weighted by molar-refractivity contribution is -0.156. The number of rotatable bonds is 3. The topological polar surface area (TPSA) is 55.4 Å². The summed E-state index contributed by atoms with van der Waals surface area (Å²) in [6, 6.07) is 2.15. The van der Waals surface area contributed by atoms with E-state index in [1.807, 2.05) is 0 Å². The highest BCUT2D eigenvalue weighted by atomic mass is 16.3. The van der Waals surface area contributed by atoms with Crippen LogP contribution in [0.1, 0.15) is 109 Å². The molecule has 0 aromatic heterocycles. The maximum Gasteiger partial charge on any atom is 0.111 e. The van der Waals surface area contributed by atoms with Gasteiger partial charge < -0.3 is 5.73 Å². The predicted octanol–water partition coefficient (Wildman–Crippen LogP) is 8.07. The lowest BCUT2D eigenvalue weighted by Gasteiger charge is -2.70. The van der Waals surface area contributed by atoms with Gasteiger partial charge in [0, 0.05) is 5.41 Å². The van der Waals surface area contributed by atoms with Crippen LogP contribution in [0.3, 0.4) is 0 Å². The van der Waals surface area contributed by atoms with Crippen LogP contribution in [-0.2, 0) is 18.3 Å². The largest absolute Gasteiger partial charge is 0.330 e. The van der Waals surface area contributed by atoms with Gasteiger partial charge >= 0.3 is 0 Å². The Hall–Kier alpha value is -1.48. The van der Waals surface area contributed by atoms with Gasteiger partial charge in [-0.25, -0.2) is 0 Å². The zero-order valence-electron chi connectivity index (χ0n) is 22.7. The van der Waals surface area contributed by atoms with Crippen LogP contribution >= 0.6 is 0 Å². The van der Waals surface area contributed by atoms with Gasteiger partial charge in [0.2, 0.25) is 0 Å². The van der Waals surface area contributed by atoms with E-state index >= 15 is 0 Å². The Bertz CT molecular complexity index is 1070. The summed E-state index contributed by atoms with van der Waals surface area (Å²) in [5.74, 6) is 0.773. The molecule has 0 spiro atoms. The van der Waals surface area contributed by atoms with Gasteiger partial charge in [-0.05, 0) is 132 Å². The molecule has 3 saturated carbocycles. The summed E-state index contributed by atoms with van der Waals surface area (Å²) in [4.78, 5) is 11.9. The van der Waals surface area contributed by atoms with Crippen molar-refractivity contribution in [1.29, 1.82) is 0 Å². The standard InChI is InChI=1S/C31H46N2O/c1-20-21-8-9-25-29(5,23(21)18-24(33-34)22(20)10-17-32)14-16-31(7)26-19-27(2,3)11-12-28(26,4)13-15-30(25,31)6/h9,18,26H,8,10-17,19,32H2,1-7H3/t26?,28?,29?,30?,31-/m0/s1. The Kier molecular flexibility index (Phi) is 5.35. The summed E-state index contributed by atoms with van der Waals surface area (Å²) >= 11 is 0. The molecule has 0 radical (unpaired) electrons. The molecule has 3 nitrogen and oxygen atoms in total. The molecule has 0 saturated heterocycles. The van der Waals surface area contributed by atoms with E-state index in [2.05, 4.69) is 65.8 Å². The highest BCUT2D eigenvalue weighted by Crippen LogP contribution is 2.74. The summed E-state index contributed by atoms with van der Waals surface area (Å²) in [6.45, 7) is 18.1. The Morgan fingerprint density at radius 2 is 1.71 bits per heavy atom. The van der Waals surface area contributed by atoms with E-state index in [1.165, 1.54) is 61.6 Å². The number of nitrogens with zero attached hydrogens (tertiary/aromatic N) is 1. The molecule has 3 fully saturated rings. The van der Waals surface area contributed by atoms with Crippen molar-refractivity contribution in [3.63, 3.8) is 0 Å². The van der Waals surface area contributed by atoms with E-state index in [-0.39, 0.29) is 10.8 Å². The number of hydrogen-bond acceptors (Lipinski definition) is 3. The first-order valence-electron chi connectivity index (χ1n) is 13.8. The van der Waals surface area contributed by atoms with Crippen LogP contribution in [0.5, 0.6) is 0 Å². The summed E-state index contributed by atoms with van der Waals surface area (Å²) in [5.41, 5.74) is 14.7. The van der Waals surface area contributed by atoms with Crippen LogP contribution in [-0.4, -0.2) is 6.54 Å². The van der Waals surface area contributed by atoms with Crippen molar-refractivity contribution >= 4 is 5.69 Å². The van der Waals surface area contributed by atoms with Crippen LogP contribution in [0.25, 0.3) is 0 Å². The Balaban J connectivity index is 1.63. The van der Waals surface area contributed by atoms with Gasteiger partial charge in [0.15, 0.2) is 0 Å². The molecule has 186 valence electrons. The number of nitroso groups, excluding NO2 is 1. The molecule has 1 aromatic rings. The van der Waals surface area contributed by atoms with Gasteiger partial charge in [-0.3, -0.25) is 0 Å². The maximum absolute atomic E-state index is 11.9. The first-order valence-corrected chi connectivity index (χ1v) is 13.8. The molecule has 3 heteroatoms. The van der Waals surface area contributed by atoms with Gasteiger partial charge in [-0.2, -0.15) is 0 Å².